The first-order valence-corrected chi connectivity index (χ1v) is 8.38. The molecule has 0 aliphatic rings. The molecular formula is C18H18N2O2S. The number of nitrogens with one attached hydrogen (secondary N) is 1. The number of carbonyl (C=O) groups is 1. The fraction of sp³-hybridized carbons (Fsp3) is 0.222. The number of rotatable bonds is 4. The van der Waals surface area contributed by atoms with Gasteiger partial charge in [-0.3, -0.25) is 10.1 Å². The van der Waals surface area contributed by atoms with E-state index in [2.05, 4.69) is 41.5 Å². The van der Waals surface area contributed by atoms with E-state index in [4.69, 9.17) is 4.42 Å². The first kappa shape index (κ1) is 15.5. The van der Waals surface area contributed by atoms with Gasteiger partial charge in [0.15, 0.2) is 5.13 Å². The number of hydrogen-bond donors (Lipinski definition) is 1. The van der Waals surface area contributed by atoms with Gasteiger partial charge in [-0.2, -0.15) is 0 Å². The lowest BCUT2D eigenvalue weighted by Crippen LogP contribution is -2.11. The molecule has 5 heteroatoms. The lowest BCUT2D eigenvalue weighted by molar-refractivity contribution is 0.102. The Kier molecular flexibility index (Phi) is 4.30. The molecule has 2 aromatic heterocycles. The van der Waals surface area contributed by atoms with Crippen LogP contribution < -0.4 is 5.32 Å². The molecule has 0 spiro atoms. The minimum atomic E-state index is -0.193. The number of furan rings is 1. The summed E-state index contributed by atoms with van der Waals surface area (Å²) in [4.78, 5) is 16.8. The minimum absolute atomic E-state index is 0.193. The highest BCUT2D eigenvalue weighted by Gasteiger charge is 2.15. The molecule has 0 saturated carbocycles. The van der Waals surface area contributed by atoms with Gasteiger partial charge >= 0.3 is 0 Å². The van der Waals surface area contributed by atoms with Crippen molar-refractivity contribution < 1.29 is 9.21 Å². The maximum absolute atomic E-state index is 12.3. The molecular weight excluding hydrogens is 308 g/mol. The zero-order valence-electron chi connectivity index (χ0n) is 13.3. The molecule has 0 atom stereocenters. The van der Waals surface area contributed by atoms with Crippen LogP contribution in [0.3, 0.4) is 0 Å². The summed E-state index contributed by atoms with van der Waals surface area (Å²) >= 11 is 1.42. The second-order valence-electron chi connectivity index (χ2n) is 5.37. The topological polar surface area (TPSA) is 55.1 Å². The summed E-state index contributed by atoms with van der Waals surface area (Å²) in [5.74, 6) is 1.15. The van der Waals surface area contributed by atoms with Crippen LogP contribution in [0.25, 0.3) is 11.3 Å². The third-order valence-electron chi connectivity index (χ3n) is 3.67. The van der Waals surface area contributed by atoms with Gasteiger partial charge in [-0.1, -0.05) is 31.2 Å². The number of thiazole rings is 1. The van der Waals surface area contributed by atoms with Crippen LogP contribution in [0.5, 0.6) is 0 Å². The monoisotopic (exact) mass is 326 g/mol. The predicted octanol–water partition coefficient (Wildman–Crippen LogP) is 4.83. The maximum atomic E-state index is 12.3. The van der Waals surface area contributed by atoms with Crippen molar-refractivity contribution in [2.24, 2.45) is 0 Å². The number of amides is 1. The summed E-state index contributed by atoms with van der Waals surface area (Å²) in [5, 5.41) is 5.37. The van der Waals surface area contributed by atoms with Crippen LogP contribution in [0.4, 0.5) is 5.13 Å². The third kappa shape index (κ3) is 3.35. The number of aryl methyl sites for hydroxylation is 3. The number of nitrogens with zero attached hydrogens (tertiary/aromatic N) is 1. The molecule has 118 valence electrons. The Balaban J connectivity index is 1.76. The Labute approximate surface area is 139 Å². The number of benzene rings is 1. The van der Waals surface area contributed by atoms with Gasteiger partial charge in [0.2, 0.25) is 0 Å². The zero-order chi connectivity index (χ0) is 16.4. The average molecular weight is 326 g/mol. The summed E-state index contributed by atoms with van der Waals surface area (Å²) in [6, 6.07) is 10.1. The van der Waals surface area contributed by atoms with Crippen molar-refractivity contribution in [3.8, 4) is 11.3 Å². The molecule has 1 N–H and O–H groups in total. The molecule has 3 aromatic rings. The summed E-state index contributed by atoms with van der Waals surface area (Å²) in [6.07, 6.45) is 1.02. The minimum Gasteiger partial charge on any atom is -0.466 e. The molecule has 4 nitrogen and oxygen atoms in total. The van der Waals surface area contributed by atoms with Gasteiger partial charge < -0.3 is 4.42 Å². The number of aromatic nitrogens is 1. The van der Waals surface area contributed by atoms with Gasteiger partial charge in [-0.25, -0.2) is 4.98 Å². The predicted molar refractivity (Wildman–Crippen MR) is 93.1 cm³/mol. The van der Waals surface area contributed by atoms with E-state index in [1.165, 1.54) is 16.9 Å². The Morgan fingerprint density at radius 2 is 2.00 bits per heavy atom. The van der Waals surface area contributed by atoms with E-state index in [9.17, 15) is 4.79 Å². The largest absolute Gasteiger partial charge is 0.466 e. The SMILES string of the molecule is CCc1ccc(-c2csc(NC(=O)c3cc(C)oc3C)n2)cc1. The number of carbonyl (C=O) groups excluding carboxylic acids is 1. The van der Waals surface area contributed by atoms with Crippen LogP contribution in [0.1, 0.15) is 34.4 Å². The lowest BCUT2D eigenvalue weighted by atomic mass is 10.1. The zero-order valence-corrected chi connectivity index (χ0v) is 14.2. The summed E-state index contributed by atoms with van der Waals surface area (Å²) < 4.78 is 5.39. The highest BCUT2D eigenvalue weighted by atomic mass is 32.1. The molecule has 0 fully saturated rings. The van der Waals surface area contributed by atoms with Crippen molar-refractivity contribution in [2.45, 2.75) is 27.2 Å². The van der Waals surface area contributed by atoms with E-state index in [-0.39, 0.29) is 5.91 Å². The van der Waals surface area contributed by atoms with Crippen LogP contribution in [0, 0.1) is 13.8 Å². The molecule has 0 unspecified atom stereocenters. The average Bonchev–Trinajstić information content (AvgIpc) is 3.13. The molecule has 23 heavy (non-hydrogen) atoms. The normalized spacial score (nSPS) is 10.7. The Hall–Kier alpha value is -2.40. The van der Waals surface area contributed by atoms with E-state index >= 15 is 0 Å². The summed E-state index contributed by atoms with van der Waals surface area (Å²) in [7, 11) is 0. The van der Waals surface area contributed by atoms with E-state index in [1.54, 1.807) is 13.0 Å². The van der Waals surface area contributed by atoms with Crippen molar-refractivity contribution in [2.75, 3.05) is 5.32 Å². The molecule has 0 bridgehead atoms. The molecule has 3 rings (SSSR count). The molecule has 1 amide bonds. The van der Waals surface area contributed by atoms with E-state index in [1.807, 2.05) is 12.3 Å². The summed E-state index contributed by atoms with van der Waals surface area (Å²) in [6.45, 7) is 5.74. The van der Waals surface area contributed by atoms with Crippen LogP contribution in [0.15, 0.2) is 40.1 Å². The van der Waals surface area contributed by atoms with E-state index in [0.717, 1.165) is 23.4 Å². The molecule has 2 heterocycles. The standard InChI is InChI=1S/C18H18N2O2S/c1-4-13-5-7-14(8-6-13)16-10-23-18(19-16)20-17(21)15-9-11(2)22-12(15)3/h5-10H,4H2,1-3H3,(H,19,20,21). The van der Waals surface area contributed by atoms with Gasteiger partial charge in [-0.15, -0.1) is 11.3 Å². The van der Waals surface area contributed by atoms with Crippen molar-refractivity contribution in [1.29, 1.82) is 0 Å². The van der Waals surface area contributed by atoms with Crippen molar-refractivity contribution in [3.63, 3.8) is 0 Å². The van der Waals surface area contributed by atoms with Crippen LogP contribution in [-0.2, 0) is 6.42 Å². The highest BCUT2D eigenvalue weighted by Crippen LogP contribution is 2.26. The number of hydrogen-bond acceptors (Lipinski definition) is 4. The van der Waals surface area contributed by atoms with Crippen molar-refractivity contribution in [1.82, 2.24) is 4.98 Å². The fourth-order valence-corrected chi connectivity index (χ4v) is 3.11. The van der Waals surface area contributed by atoms with Gasteiger partial charge in [0.25, 0.3) is 5.91 Å². The molecule has 0 aliphatic heterocycles. The van der Waals surface area contributed by atoms with Crippen molar-refractivity contribution >= 4 is 22.4 Å². The Morgan fingerprint density at radius 3 is 2.61 bits per heavy atom. The lowest BCUT2D eigenvalue weighted by Gasteiger charge is -2.00. The van der Waals surface area contributed by atoms with Crippen molar-refractivity contribution in [3.05, 3.63) is 58.4 Å². The van der Waals surface area contributed by atoms with Gasteiger partial charge in [0, 0.05) is 10.9 Å². The second-order valence-corrected chi connectivity index (χ2v) is 6.23. The van der Waals surface area contributed by atoms with Gasteiger partial charge in [0.1, 0.15) is 11.5 Å². The van der Waals surface area contributed by atoms with Crippen LogP contribution in [-0.4, -0.2) is 10.9 Å². The smallest absolute Gasteiger partial charge is 0.260 e. The van der Waals surface area contributed by atoms with Gasteiger partial charge in [-0.05, 0) is 31.9 Å². The van der Waals surface area contributed by atoms with E-state index < -0.39 is 0 Å². The van der Waals surface area contributed by atoms with Crippen LogP contribution >= 0.6 is 11.3 Å². The highest BCUT2D eigenvalue weighted by molar-refractivity contribution is 7.14. The summed E-state index contributed by atoms with van der Waals surface area (Å²) in [5.41, 5.74) is 3.76. The Bertz CT molecular complexity index is 831. The molecule has 0 aliphatic carbocycles. The van der Waals surface area contributed by atoms with Crippen LogP contribution in [0.2, 0.25) is 0 Å². The third-order valence-corrected chi connectivity index (χ3v) is 4.43. The molecule has 0 saturated heterocycles. The first-order valence-electron chi connectivity index (χ1n) is 7.50. The molecule has 1 aromatic carbocycles. The second kappa shape index (κ2) is 6.38. The number of anilines is 1. The molecule has 0 radical (unpaired) electrons. The first-order chi connectivity index (χ1) is 11.1. The quantitative estimate of drug-likeness (QED) is 0.747. The fourth-order valence-electron chi connectivity index (χ4n) is 2.40. The van der Waals surface area contributed by atoms with E-state index in [0.29, 0.717) is 16.5 Å². The van der Waals surface area contributed by atoms with Gasteiger partial charge in [0.05, 0.1) is 11.3 Å². The Morgan fingerprint density at radius 1 is 1.26 bits per heavy atom. The maximum Gasteiger partial charge on any atom is 0.260 e.